The van der Waals surface area contributed by atoms with Gasteiger partial charge in [-0.3, -0.25) is 24.2 Å². The van der Waals surface area contributed by atoms with Crippen molar-refractivity contribution in [3.8, 4) is 11.1 Å². The van der Waals surface area contributed by atoms with Gasteiger partial charge in [-0.25, -0.2) is 4.52 Å². The first kappa shape index (κ1) is 24.9. The lowest BCUT2D eigenvalue weighted by Crippen LogP contribution is -2.36. The van der Waals surface area contributed by atoms with Gasteiger partial charge in [0.15, 0.2) is 5.69 Å². The van der Waals surface area contributed by atoms with Crippen LogP contribution in [0, 0.1) is 6.92 Å². The summed E-state index contributed by atoms with van der Waals surface area (Å²) in [7, 11) is 0. The summed E-state index contributed by atoms with van der Waals surface area (Å²) in [5.41, 5.74) is 4.32. The zero-order valence-electron chi connectivity index (χ0n) is 22.3. The van der Waals surface area contributed by atoms with Crippen LogP contribution in [0.3, 0.4) is 0 Å². The summed E-state index contributed by atoms with van der Waals surface area (Å²) in [4.78, 5) is 32.6. The fourth-order valence-electron chi connectivity index (χ4n) is 6.20. The van der Waals surface area contributed by atoms with E-state index in [1.807, 2.05) is 35.4 Å². The number of carbonyl (C=O) groups is 2. The van der Waals surface area contributed by atoms with Crippen LogP contribution in [-0.2, 0) is 9.53 Å². The Labute approximate surface area is 230 Å². The normalized spacial score (nSPS) is 22.3. The fraction of sp³-hybridized carbons (Fsp3) is 0.429. The second kappa shape index (κ2) is 10.1. The molecule has 3 aliphatic heterocycles. The van der Waals surface area contributed by atoms with Gasteiger partial charge >= 0.3 is 0 Å². The second-order valence-electron chi connectivity index (χ2n) is 10.9. The molecule has 1 unspecified atom stereocenters. The summed E-state index contributed by atoms with van der Waals surface area (Å²) in [6.07, 6.45) is 12.9. The summed E-state index contributed by atoms with van der Waals surface area (Å²) >= 11 is 0. The quantitative estimate of drug-likeness (QED) is 0.365. The van der Waals surface area contributed by atoms with Crippen molar-refractivity contribution < 1.29 is 14.3 Å². The van der Waals surface area contributed by atoms with Gasteiger partial charge in [-0.15, -0.1) is 5.10 Å². The molecule has 12 heteroatoms. The highest BCUT2D eigenvalue weighted by Crippen LogP contribution is 2.37. The molecule has 0 radical (unpaired) electrons. The maximum absolute atomic E-state index is 13.2. The number of aryl methyl sites for hydroxylation is 1. The van der Waals surface area contributed by atoms with E-state index in [9.17, 15) is 9.59 Å². The van der Waals surface area contributed by atoms with Crippen molar-refractivity contribution in [1.29, 1.82) is 0 Å². The SMILES string of the molecule is Cc1ncc(NC(=O)CN2C3CCC2CC3)cc1NC(=O)c1nnn2cc(-c3cnn(C4CCOC4)c3)ccc12. The Hall–Kier alpha value is -4.16. The highest BCUT2D eigenvalue weighted by atomic mass is 16.5. The fourth-order valence-corrected chi connectivity index (χ4v) is 6.20. The molecular formula is C28H31N9O3. The molecule has 3 fully saturated rings. The van der Waals surface area contributed by atoms with Crippen LogP contribution in [0.2, 0.25) is 0 Å². The van der Waals surface area contributed by atoms with Crippen LogP contribution in [0.5, 0.6) is 0 Å². The van der Waals surface area contributed by atoms with E-state index in [0.717, 1.165) is 24.2 Å². The predicted octanol–water partition coefficient (Wildman–Crippen LogP) is 3.08. The van der Waals surface area contributed by atoms with Crippen LogP contribution < -0.4 is 10.6 Å². The van der Waals surface area contributed by atoms with Gasteiger partial charge in [0.05, 0.1) is 54.2 Å². The van der Waals surface area contributed by atoms with Crippen LogP contribution in [0.1, 0.15) is 54.3 Å². The predicted molar refractivity (Wildman–Crippen MR) is 147 cm³/mol. The first-order chi connectivity index (χ1) is 19.5. The molecule has 12 nitrogen and oxygen atoms in total. The number of nitrogens with one attached hydrogen (secondary N) is 2. The van der Waals surface area contributed by atoms with Crippen LogP contribution in [0.15, 0.2) is 43.0 Å². The van der Waals surface area contributed by atoms with E-state index in [-0.39, 0.29) is 17.6 Å². The smallest absolute Gasteiger partial charge is 0.278 e. The van der Waals surface area contributed by atoms with E-state index in [0.29, 0.717) is 47.8 Å². The Kier molecular flexibility index (Phi) is 6.28. The van der Waals surface area contributed by atoms with E-state index in [4.69, 9.17) is 4.74 Å². The molecule has 0 saturated carbocycles. The van der Waals surface area contributed by atoms with E-state index < -0.39 is 5.91 Å². The van der Waals surface area contributed by atoms with Crippen molar-refractivity contribution in [3.63, 3.8) is 0 Å². The lowest BCUT2D eigenvalue weighted by molar-refractivity contribution is -0.117. The van der Waals surface area contributed by atoms with E-state index in [1.54, 1.807) is 23.7 Å². The largest absolute Gasteiger partial charge is 0.379 e. The first-order valence-corrected chi connectivity index (χ1v) is 13.8. The Morgan fingerprint density at radius 1 is 1.00 bits per heavy atom. The number of rotatable bonds is 7. The molecule has 7 heterocycles. The molecule has 40 heavy (non-hydrogen) atoms. The summed E-state index contributed by atoms with van der Waals surface area (Å²) in [6.45, 7) is 3.61. The third-order valence-electron chi connectivity index (χ3n) is 8.39. The van der Waals surface area contributed by atoms with Crippen LogP contribution >= 0.6 is 0 Å². The van der Waals surface area contributed by atoms with E-state index in [2.05, 4.69) is 35.9 Å². The van der Waals surface area contributed by atoms with Crippen LogP contribution in [0.25, 0.3) is 16.6 Å². The average Bonchev–Trinajstić information content (AvgIpc) is 3.79. The highest BCUT2D eigenvalue weighted by molar-refractivity contribution is 6.08. The van der Waals surface area contributed by atoms with Gasteiger partial charge in [0.1, 0.15) is 0 Å². The van der Waals surface area contributed by atoms with Crippen molar-refractivity contribution in [1.82, 2.24) is 34.5 Å². The van der Waals surface area contributed by atoms with Gasteiger partial charge in [-0.05, 0) is 51.2 Å². The first-order valence-electron chi connectivity index (χ1n) is 13.8. The molecule has 1 atom stereocenters. The van der Waals surface area contributed by atoms with Gasteiger partial charge in [-0.1, -0.05) is 11.3 Å². The summed E-state index contributed by atoms with van der Waals surface area (Å²) in [6, 6.07) is 6.80. The van der Waals surface area contributed by atoms with Gasteiger partial charge in [0.25, 0.3) is 5.91 Å². The van der Waals surface area contributed by atoms with Crippen molar-refractivity contribution in [3.05, 3.63) is 54.4 Å². The molecule has 0 aliphatic carbocycles. The second-order valence-corrected chi connectivity index (χ2v) is 10.9. The Bertz CT molecular complexity index is 1570. The monoisotopic (exact) mass is 541 g/mol. The minimum absolute atomic E-state index is 0.0658. The maximum Gasteiger partial charge on any atom is 0.278 e. The minimum atomic E-state index is -0.404. The number of fused-ring (bicyclic) bond motifs is 3. The average molecular weight is 542 g/mol. The Morgan fingerprint density at radius 3 is 2.60 bits per heavy atom. The molecule has 4 aromatic heterocycles. The molecule has 3 aliphatic rings. The van der Waals surface area contributed by atoms with Gasteiger partial charge < -0.3 is 15.4 Å². The van der Waals surface area contributed by atoms with E-state index >= 15 is 0 Å². The zero-order valence-corrected chi connectivity index (χ0v) is 22.3. The summed E-state index contributed by atoms with van der Waals surface area (Å²) in [5.74, 6) is -0.470. The molecule has 7 rings (SSSR count). The van der Waals surface area contributed by atoms with Crippen molar-refractivity contribution >= 4 is 28.7 Å². The number of hydrogen-bond donors (Lipinski definition) is 2. The topological polar surface area (TPSA) is 132 Å². The minimum Gasteiger partial charge on any atom is -0.379 e. The lowest BCUT2D eigenvalue weighted by atomic mass is 10.0. The van der Waals surface area contributed by atoms with Crippen molar-refractivity contribution in [2.45, 2.75) is 57.2 Å². The molecule has 2 amide bonds. The number of hydrogen-bond acceptors (Lipinski definition) is 8. The summed E-state index contributed by atoms with van der Waals surface area (Å²) < 4.78 is 9.00. The van der Waals surface area contributed by atoms with Crippen molar-refractivity contribution in [2.24, 2.45) is 0 Å². The standard InChI is InChI=1S/C28H31N9O3/c1-17-24(10-20(12-29-17)31-26(38)15-35-21-3-4-22(35)6-5-21)32-28(39)27-25-7-2-18(13-37(25)34-33-27)19-11-30-36(14-19)23-8-9-40-16-23/h2,7,10-14,21-23H,3-6,8-9,15-16H2,1H3,(H,31,38)(H,32,39). The number of amides is 2. The summed E-state index contributed by atoms with van der Waals surface area (Å²) in [5, 5.41) is 18.7. The number of anilines is 2. The maximum atomic E-state index is 13.2. The van der Waals surface area contributed by atoms with Gasteiger partial charge in [0, 0.05) is 42.2 Å². The van der Waals surface area contributed by atoms with Gasteiger partial charge in [-0.2, -0.15) is 5.10 Å². The molecule has 0 spiro atoms. The molecule has 4 aromatic rings. The molecular weight excluding hydrogens is 510 g/mol. The lowest BCUT2D eigenvalue weighted by Gasteiger charge is -2.20. The number of ether oxygens (including phenoxy) is 1. The van der Waals surface area contributed by atoms with Gasteiger partial charge in [0.2, 0.25) is 5.91 Å². The molecule has 2 bridgehead atoms. The molecule has 3 saturated heterocycles. The highest BCUT2D eigenvalue weighted by Gasteiger charge is 2.39. The van der Waals surface area contributed by atoms with E-state index in [1.165, 1.54) is 25.7 Å². The van der Waals surface area contributed by atoms with Crippen LogP contribution in [0.4, 0.5) is 11.4 Å². The third-order valence-corrected chi connectivity index (χ3v) is 8.39. The van der Waals surface area contributed by atoms with Crippen LogP contribution in [-0.4, -0.2) is 78.1 Å². The Morgan fingerprint density at radius 2 is 1.82 bits per heavy atom. The number of pyridine rings is 2. The molecule has 2 N–H and O–H groups in total. The number of carbonyl (C=O) groups excluding carboxylic acids is 2. The number of aromatic nitrogens is 6. The van der Waals surface area contributed by atoms with Crippen molar-refractivity contribution in [2.75, 3.05) is 30.4 Å². The molecule has 0 aromatic carbocycles. The zero-order chi connectivity index (χ0) is 27.2. The molecule has 206 valence electrons. The number of nitrogens with zero attached hydrogens (tertiary/aromatic N) is 7. The Balaban J connectivity index is 1.04. The third kappa shape index (κ3) is 4.62.